The number of carbonyl (C=O) groups excluding carboxylic acids is 1. The van der Waals surface area contributed by atoms with Gasteiger partial charge in [-0.15, -0.1) is 0 Å². The van der Waals surface area contributed by atoms with Gasteiger partial charge in [0.05, 0.1) is 6.42 Å². The van der Waals surface area contributed by atoms with E-state index >= 15 is 0 Å². The van der Waals surface area contributed by atoms with E-state index in [0.29, 0.717) is 31.1 Å². The van der Waals surface area contributed by atoms with Gasteiger partial charge in [0.15, 0.2) is 0 Å². The number of aromatic nitrogens is 1. The molecule has 1 amide bonds. The lowest BCUT2D eigenvalue weighted by molar-refractivity contribution is -0.120. The van der Waals surface area contributed by atoms with Crippen molar-refractivity contribution in [3.8, 4) is 0 Å². The fraction of sp³-hybridized carbons (Fsp3) is 0.368. The Morgan fingerprint density at radius 3 is 2.52 bits per heavy atom. The van der Waals surface area contributed by atoms with Crippen LogP contribution in [0.1, 0.15) is 18.4 Å². The molecule has 8 heteroatoms. The van der Waals surface area contributed by atoms with Crippen molar-refractivity contribution < 1.29 is 13.2 Å². The van der Waals surface area contributed by atoms with E-state index in [9.17, 15) is 13.2 Å². The predicted molar refractivity (Wildman–Crippen MR) is 104 cm³/mol. The zero-order valence-corrected chi connectivity index (χ0v) is 16.4. The van der Waals surface area contributed by atoms with Gasteiger partial charge in [-0.2, -0.15) is 4.31 Å². The number of hydrogen-bond donors (Lipinski definition) is 1. The van der Waals surface area contributed by atoms with Crippen molar-refractivity contribution in [2.75, 3.05) is 19.6 Å². The minimum absolute atomic E-state index is 0.0391. The van der Waals surface area contributed by atoms with Crippen molar-refractivity contribution in [1.82, 2.24) is 14.6 Å². The van der Waals surface area contributed by atoms with E-state index in [-0.39, 0.29) is 16.7 Å². The molecule has 0 bridgehead atoms. The molecule has 2 aromatic rings. The Bertz CT molecular complexity index is 865. The lowest BCUT2D eigenvalue weighted by Gasteiger charge is -2.31. The van der Waals surface area contributed by atoms with E-state index in [1.807, 2.05) is 12.1 Å². The number of halogens is 1. The molecular weight excluding hydrogens is 386 g/mol. The molecule has 1 aliphatic rings. The molecule has 0 aliphatic carbocycles. The number of nitrogens with one attached hydrogen (secondary N) is 1. The Morgan fingerprint density at radius 2 is 1.89 bits per heavy atom. The topological polar surface area (TPSA) is 79.4 Å². The third-order valence-corrected chi connectivity index (χ3v) is 6.85. The molecule has 1 fully saturated rings. The second-order valence-electron chi connectivity index (χ2n) is 6.64. The molecule has 0 radical (unpaired) electrons. The summed E-state index contributed by atoms with van der Waals surface area (Å²) >= 11 is 5.84. The summed E-state index contributed by atoms with van der Waals surface area (Å²) in [6.07, 6.45) is 4.68. The second kappa shape index (κ2) is 8.82. The van der Waals surface area contributed by atoms with Crippen molar-refractivity contribution in [1.29, 1.82) is 0 Å². The largest absolute Gasteiger partial charge is 0.356 e. The highest BCUT2D eigenvalue weighted by Crippen LogP contribution is 2.23. The van der Waals surface area contributed by atoms with E-state index in [0.717, 1.165) is 18.4 Å². The van der Waals surface area contributed by atoms with Crippen LogP contribution in [0.5, 0.6) is 0 Å². The first-order valence-electron chi connectivity index (χ1n) is 8.86. The molecular formula is C19H22ClN3O3S. The maximum absolute atomic E-state index is 12.6. The van der Waals surface area contributed by atoms with Gasteiger partial charge in [0.1, 0.15) is 4.90 Å². The molecule has 27 heavy (non-hydrogen) atoms. The zero-order valence-electron chi connectivity index (χ0n) is 14.8. The Balaban J connectivity index is 1.45. The van der Waals surface area contributed by atoms with Crippen LogP contribution in [0.4, 0.5) is 0 Å². The SMILES string of the molecule is O=C(Cc1ccc(Cl)cc1)NCC1CCN(S(=O)(=O)c2cccnc2)CC1. The number of sulfonamides is 1. The highest BCUT2D eigenvalue weighted by molar-refractivity contribution is 7.89. The predicted octanol–water partition coefficient (Wildman–Crippen LogP) is 2.49. The van der Waals surface area contributed by atoms with E-state index in [2.05, 4.69) is 10.3 Å². The second-order valence-corrected chi connectivity index (χ2v) is 9.02. The van der Waals surface area contributed by atoms with Gasteiger partial charge >= 0.3 is 0 Å². The summed E-state index contributed by atoms with van der Waals surface area (Å²) in [7, 11) is -3.49. The molecule has 1 aromatic heterocycles. The van der Waals surface area contributed by atoms with Gasteiger partial charge in [0.2, 0.25) is 15.9 Å². The van der Waals surface area contributed by atoms with Gasteiger partial charge in [0.25, 0.3) is 0 Å². The highest BCUT2D eigenvalue weighted by atomic mass is 35.5. The third-order valence-electron chi connectivity index (χ3n) is 4.71. The summed E-state index contributed by atoms with van der Waals surface area (Å²) in [6, 6.07) is 10.4. The normalized spacial score (nSPS) is 16.2. The highest BCUT2D eigenvalue weighted by Gasteiger charge is 2.29. The van der Waals surface area contributed by atoms with E-state index in [4.69, 9.17) is 11.6 Å². The number of carbonyl (C=O) groups is 1. The van der Waals surface area contributed by atoms with Crippen LogP contribution in [-0.4, -0.2) is 43.2 Å². The Kier molecular flexibility index (Phi) is 6.46. The first-order valence-corrected chi connectivity index (χ1v) is 10.7. The van der Waals surface area contributed by atoms with Gasteiger partial charge in [0, 0.05) is 37.1 Å². The van der Waals surface area contributed by atoms with Crippen LogP contribution in [0.2, 0.25) is 5.02 Å². The van der Waals surface area contributed by atoms with Gasteiger partial charge in [-0.3, -0.25) is 9.78 Å². The van der Waals surface area contributed by atoms with Crippen molar-refractivity contribution in [2.45, 2.75) is 24.2 Å². The Labute approximate surface area is 164 Å². The molecule has 6 nitrogen and oxygen atoms in total. The summed E-state index contributed by atoms with van der Waals surface area (Å²) in [5.41, 5.74) is 0.911. The van der Waals surface area contributed by atoms with Crippen LogP contribution in [0, 0.1) is 5.92 Å². The first kappa shape index (κ1) is 19.8. The molecule has 1 aliphatic heterocycles. The molecule has 0 unspecified atom stereocenters. The van der Waals surface area contributed by atoms with Crippen LogP contribution in [0.25, 0.3) is 0 Å². The minimum Gasteiger partial charge on any atom is -0.356 e. The molecule has 2 heterocycles. The fourth-order valence-corrected chi connectivity index (χ4v) is 4.67. The molecule has 0 spiro atoms. The van der Waals surface area contributed by atoms with Crippen molar-refractivity contribution in [3.05, 3.63) is 59.4 Å². The van der Waals surface area contributed by atoms with Crippen molar-refractivity contribution in [3.63, 3.8) is 0 Å². The smallest absolute Gasteiger partial charge is 0.244 e. The van der Waals surface area contributed by atoms with Crippen LogP contribution in [-0.2, 0) is 21.2 Å². The molecule has 3 rings (SSSR count). The number of nitrogens with zero attached hydrogens (tertiary/aromatic N) is 2. The van der Waals surface area contributed by atoms with Gasteiger partial charge in [-0.05, 0) is 48.6 Å². The van der Waals surface area contributed by atoms with E-state index in [1.165, 1.54) is 10.5 Å². The van der Waals surface area contributed by atoms with Crippen molar-refractivity contribution >= 4 is 27.5 Å². The quantitative estimate of drug-likeness (QED) is 0.797. The zero-order chi connectivity index (χ0) is 19.3. The first-order chi connectivity index (χ1) is 12.9. The van der Waals surface area contributed by atoms with Gasteiger partial charge in [-0.25, -0.2) is 8.42 Å². The third kappa shape index (κ3) is 5.28. The van der Waals surface area contributed by atoms with Crippen LogP contribution >= 0.6 is 11.6 Å². The number of amides is 1. The Hall–Kier alpha value is -1.96. The molecule has 1 aromatic carbocycles. The number of pyridine rings is 1. The molecule has 0 saturated carbocycles. The van der Waals surface area contributed by atoms with Crippen LogP contribution in [0.3, 0.4) is 0 Å². The summed E-state index contributed by atoms with van der Waals surface area (Å²) in [5.74, 6) is 0.238. The van der Waals surface area contributed by atoms with Crippen LogP contribution in [0.15, 0.2) is 53.7 Å². The standard InChI is InChI=1S/C19H22ClN3O3S/c20-17-5-3-15(4-6-17)12-19(24)22-13-16-7-10-23(11-8-16)27(25,26)18-2-1-9-21-14-18/h1-6,9,14,16H,7-8,10-13H2,(H,22,24). The van der Waals surface area contributed by atoms with Gasteiger partial charge < -0.3 is 5.32 Å². The Morgan fingerprint density at radius 1 is 1.19 bits per heavy atom. The molecule has 1 N–H and O–H groups in total. The van der Waals surface area contributed by atoms with Crippen molar-refractivity contribution in [2.24, 2.45) is 5.92 Å². The fourth-order valence-electron chi connectivity index (χ4n) is 3.11. The maximum atomic E-state index is 12.6. The molecule has 1 saturated heterocycles. The average molecular weight is 408 g/mol. The lowest BCUT2D eigenvalue weighted by Crippen LogP contribution is -2.41. The van der Waals surface area contributed by atoms with E-state index in [1.54, 1.807) is 30.5 Å². The van der Waals surface area contributed by atoms with Gasteiger partial charge in [-0.1, -0.05) is 23.7 Å². The number of piperidine rings is 1. The molecule has 144 valence electrons. The summed E-state index contributed by atoms with van der Waals surface area (Å²) < 4.78 is 26.7. The minimum atomic E-state index is -3.49. The maximum Gasteiger partial charge on any atom is 0.244 e. The number of benzene rings is 1. The lowest BCUT2D eigenvalue weighted by atomic mass is 9.98. The monoisotopic (exact) mass is 407 g/mol. The average Bonchev–Trinajstić information content (AvgIpc) is 2.69. The summed E-state index contributed by atoms with van der Waals surface area (Å²) in [6.45, 7) is 1.47. The van der Waals surface area contributed by atoms with Crippen LogP contribution < -0.4 is 5.32 Å². The van der Waals surface area contributed by atoms with E-state index < -0.39 is 10.0 Å². The molecule has 0 atom stereocenters. The summed E-state index contributed by atoms with van der Waals surface area (Å²) in [5, 5.41) is 3.60. The number of rotatable bonds is 6. The summed E-state index contributed by atoms with van der Waals surface area (Å²) in [4.78, 5) is 16.2. The number of hydrogen-bond acceptors (Lipinski definition) is 4.